The minimum absolute atomic E-state index is 0.0240. The van der Waals surface area contributed by atoms with Gasteiger partial charge in [0.1, 0.15) is 6.04 Å². The van der Waals surface area contributed by atoms with Crippen LogP contribution in [-0.4, -0.2) is 23.0 Å². The Labute approximate surface area is 76.6 Å². The molecule has 4 N–H and O–H groups in total. The van der Waals surface area contributed by atoms with Crippen LogP contribution in [0.4, 0.5) is 0 Å². The Morgan fingerprint density at radius 3 is 2.31 bits per heavy atom. The molecule has 0 aliphatic rings. The van der Waals surface area contributed by atoms with Crippen molar-refractivity contribution >= 4 is 11.9 Å². The van der Waals surface area contributed by atoms with Crippen LogP contribution < -0.4 is 11.1 Å². The molecular formula is C8H14N2O3. The van der Waals surface area contributed by atoms with Crippen LogP contribution >= 0.6 is 0 Å². The summed E-state index contributed by atoms with van der Waals surface area (Å²) in [7, 11) is 0. The minimum atomic E-state index is -1.07. The van der Waals surface area contributed by atoms with Gasteiger partial charge in [0.05, 0.1) is 0 Å². The van der Waals surface area contributed by atoms with Crippen LogP contribution in [0.5, 0.6) is 0 Å². The Bertz CT molecular complexity index is 223. The normalized spacial score (nSPS) is 13.2. The maximum absolute atomic E-state index is 10.8. The molecule has 13 heavy (non-hydrogen) atoms. The lowest BCUT2D eigenvalue weighted by Crippen LogP contribution is -2.42. The highest BCUT2D eigenvalue weighted by atomic mass is 16.4. The third kappa shape index (κ3) is 4.84. The molecule has 0 bridgehead atoms. The first-order chi connectivity index (χ1) is 5.95. The number of carbonyl (C=O) groups excluding carboxylic acids is 1. The summed E-state index contributed by atoms with van der Waals surface area (Å²) in [5, 5.41) is 10.9. The molecule has 74 valence electrons. The Kier molecular flexibility index (Phi) is 4.58. The van der Waals surface area contributed by atoms with Crippen molar-refractivity contribution < 1.29 is 14.7 Å². The average molecular weight is 186 g/mol. The summed E-state index contributed by atoms with van der Waals surface area (Å²) in [6, 6.07) is -0.532. The fourth-order valence-corrected chi connectivity index (χ4v) is 0.826. The molecule has 0 radical (unpaired) electrons. The summed E-state index contributed by atoms with van der Waals surface area (Å²) in [4.78, 5) is 20.9. The zero-order valence-electron chi connectivity index (χ0n) is 7.65. The Hall–Kier alpha value is -1.52. The van der Waals surface area contributed by atoms with Gasteiger partial charge in [-0.1, -0.05) is 13.8 Å². The molecule has 0 aromatic heterocycles. The van der Waals surface area contributed by atoms with E-state index in [2.05, 4.69) is 5.32 Å². The fourth-order valence-electron chi connectivity index (χ4n) is 0.826. The molecule has 5 heteroatoms. The monoisotopic (exact) mass is 186 g/mol. The second-order valence-electron chi connectivity index (χ2n) is 2.96. The summed E-state index contributed by atoms with van der Waals surface area (Å²) in [5.41, 5.74) is 5.07. The van der Waals surface area contributed by atoms with Crippen molar-refractivity contribution in [1.29, 1.82) is 0 Å². The van der Waals surface area contributed by atoms with Gasteiger partial charge >= 0.3 is 5.97 Å². The topological polar surface area (TPSA) is 92.4 Å². The summed E-state index contributed by atoms with van der Waals surface area (Å²) >= 11 is 0. The fraction of sp³-hybridized carbons (Fsp3) is 0.500. The maximum atomic E-state index is 10.8. The van der Waals surface area contributed by atoms with E-state index in [1.807, 2.05) is 13.8 Å². The molecular weight excluding hydrogens is 172 g/mol. The number of nitrogens with two attached hydrogens (primary N) is 1. The van der Waals surface area contributed by atoms with E-state index in [4.69, 9.17) is 10.8 Å². The lowest BCUT2D eigenvalue weighted by molar-refractivity contribution is -0.131. The van der Waals surface area contributed by atoms with E-state index in [9.17, 15) is 9.59 Å². The molecule has 0 aliphatic carbocycles. The third-order valence-corrected chi connectivity index (χ3v) is 1.47. The van der Waals surface area contributed by atoms with Gasteiger partial charge in [-0.15, -0.1) is 0 Å². The first kappa shape index (κ1) is 11.5. The van der Waals surface area contributed by atoms with Crippen LogP contribution in [0.2, 0.25) is 0 Å². The first-order valence-corrected chi connectivity index (χ1v) is 3.90. The second-order valence-corrected chi connectivity index (χ2v) is 2.96. The van der Waals surface area contributed by atoms with Crippen molar-refractivity contribution in [3.63, 3.8) is 0 Å². The van der Waals surface area contributed by atoms with Gasteiger partial charge < -0.3 is 16.2 Å². The van der Waals surface area contributed by atoms with Crippen molar-refractivity contribution in [3.05, 3.63) is 12.3 Å². The van der Waals surface area contributed by atoms with Crippen LogP contribution in [-0.2, 0) is 9.59 Å². The van der Waals surface area contributed by atoms with Crippen LogP contribution in [0.15, 0.2) is 12.3 Å². The van der Waals surface area contributed by atoms with Crippen LogP contribution in [0, 0.1) is 5.92 Å². The highest BCUT2D eigenvalue weighted by Gasteiger charge is 2.16. The summed E-state index contributed by atoms with van der Waals surface area (Å²) in [6.45, 7) is 3.63. The molecule has 0 fully saturated rings. The number of carbonyl (C=O) groups is 2. The molecule has 1 amide bonds. The average Bonchev–Trinajstić information content (AvgIpc) is 1.95. The summed E-state index contributed by atoms with van der Waals surface area (Å²) in [5.74, 6) is -1.54. The largest absolute Gasteiger partial charge is 0.478 e. The lowest BCUT2D eigenvalue weighted by Gasteiger charge is -2.16. The number of amides is 1. The first-order valence-electron chi connectivity index (χ1n) is 3.90. The molecule has 0 aromatic rings. The SMILES string of the molecule is CC(C)C(N/C=C/C(=O)O)C(N)=O. The number of rotatable bonds is 5. The minimum Gasteiger partial charge on any atom is -0.478 e. The number of primary amides is 1. The Balaban J connectivity index is 4.12. The van der Waals surface area contributed by atoms with E-state index >= 15 is 0 Å². The molecule has 0 saturated carbocycles. The smallest absolute Gasteiger partial charge is 0.329 e. The van der Waals surface area contributed by atoms with E-state index in [1.54, 1.807) is 0 Å². The quantitative estimate of drug-likeness (QED) is 0.513. The van der Waals surface area contributed by atoms with Crippen LogP contribution in [0.3, 0.4) is 0 Å². The maximum Gasteiger partial charge on any atom is 0.329 e. The second kappa shape index (κ2) is 5.18. The van der Waals surface area contributed by atoms with Gasteiger partial charge in [0.25, 0.3) is 0 Å². The molecule has 0 saturated heterocycles. The van der Waals surface area contributed by atoms with Gasteiger partial charge in [-0.25, -0.2) is 4.79 Å². The lowest BCUT2D eigenvalue weighted by atomic mass is 10.0. The zero-order valence-corrected chi connectivity index (χ0v) is 7.65. The molecule has 0 spiro atoms. The molecule has 1 atom stereocenters. The number of carboxylic acids is 1. The number of aliphatic carboxylic acids is 1. The molecule has 1 unspecified atom stereocenters. The van der Waals surface area contributed by atoms with Gasteiger partial charge in [0.2, 0.25) is 5.91 Å². The molecule has 0 aromatic carbocycles. The van der Waals surface area contributed by atoms with Crippen LogP contribution in [0.1, 0.15) is 13.8 Å². The predicted molar refractivity (Wildman–Crippen MR) is 47.7 cm³/mol. The van der Waals surface area contributed by atoms with Gasteiger partial charge in [0.15, 0.2) is 0 Å². The Morgan fingerprint density at radius 1 is 1.46 bits per heavy atom. The number of carboxylic acid groups (broad SMARTS) is 1. The highest BCUT2D eigenvalue weighted by Crippen LogP contribution is 1.99. The molecule has 0 rings (SSSR count). The van der Waals surface area contributed by atoms with E-state index < -0.39 is 17.9 Å². The highest BCUT2D eigenvalue weighted by molar-refractivity contribution is 5.81. The Morgan fingerprint density at radius 2 is 2.00 bits per heavy atom. The summed E-state index contributed by atoms with van der Waals surface area (Å²) < 4.78 is 0. The van der Waals surface area contributed by atoms with Gasteiger partial charge in [0, 0.05) is 12.3 Å². The molecule has 5 nitrogen and oxygen atoms in total. The van der Waals surface area contributed by atoms with E-state index in [-0.39, 0.29) is 5.92 Å². The standard InChI is InChI=1S/C8H14N2O3/c1-5(2)7(8(9)13)10-4-3-6(11)12/h3-5,7,10H,1-2H3,(H2,9,13)(H,11,12)/b4-3+. The van der Waals surface area contributed by atoms with Crippen molar-refractivity contribution in [3.8, 4) is 0 Å². The summed E-state index contributed by atoms with van der Waals surface area (Å²) in [6.07, 6.45) is 2.12. The van der Waals surface area contributed by atoms with Crippen molar-refractivity contribution in [2.24, 2.45) is 11.7 Å². The number of nitrogens with one attached hydrogen (secondary N) is 1. The van der Waals surface area contributed by atoms with Crippen molar-refractivity contribution in [1.82, 2.24) is 5.32 Å². The van der Waals surface area contributed by atoms with Crippen molar-refractivity contribution in [2.45, 2.75) is 19.9 Å². The van der Waals surface area contributed by atoms with Gasteiger partial charge in [-0.3, -0.25) is 4.79 Å². The van der Waals surface area contributed by atoms with E-state index in [0.717, 1.165) is 6.08 Å². The number of hydrogen-bond donors (Lipinski definition) is 3. The van der Waals surface area contributed by atoms with Crippen molar-refractivity contribution in [2.75, 3.05) is 0 Å². The number of hydrogen-bond acceptors (Lipinski definition) is 3. The van der Waals surface area contributed by atoms with Gasteiger partial charge in [-0.05, 0) is 5.92 Å². The third-order valence-electron chi connectivity index (χ3n) is 1.47. The predicted octanol–water partition coefficient (Wildman–Crippen LogP) is -0.316. The van der Waals surface area contributed by atoms with E-state index in [1.165, 1.54) is 6.20 Å². The van der Waals surface area contributed by atoms with Crippen LogP contribution in [0.25, 0.3) is 0 Å². The zero-order chi connectivity index (χ0) is 10.4. The van der Waals surface area contributed by atoms with E-state index in [0.29, 0.717) is 0 Å². The van der Waals surface area contributed by atoms with Gasteiger partial charge in [-0.2, -0.15) is 0 Å². The molecule has 0 heterocycles. The molecule has 0 aliphatic heterocycles.